The zero-order valence-electron chi connectivity index (χ0n) is 17.9. The number of rotatable bonds is 7. The molecule has 0 atom stereocenters. The van der Waals surface area contributed by atoms with Crippen LogP contribution in [0, 0.1) is 0 Å². The van der Waals surface area contributed by atoms with Crippen LogP contribution >= 0.6 is 0 Å². The van der Waals surface area contributed by atoms with Crippen LogP contribution < -0.4 is 15.0 Å². The summed E-state index contributed by atoms with van der Waals surface area (Å²) in [6, 6.07) is 15.0. The number of nitrogens with one attached hydrogen (secondary N) is 1. The number of hydrogen-bond acceptors (Lipinski definition) is 5. The first kappa shape index (κ1) is 21.6. The fourth-order valence-electron chi connectivity index (χ4n) is 3.52. The summed E-state index contributed by atoms with van der Waals surface area (Å²) in [5.41, 5.74) is 2.36. The standard InChI is InChI=1S/C23H30N4O3/c1-25(2)20-9-6-8-18(15-20)23(29)27(16-19-7-4-5-10-21(19)30-3)17-22(28)26-13-11-24-12-14-26/h4-10,15,24H,11-14,16-17H2,1-3H3. The van der Waals surface area contributed by atoms with Crippen molar-refractivity contribution in [1.29, 1.82) is 0 Å². The minimum Gasteiger partial charge on any atom is -0.496 e. The predicted molar refractivity (Wildman–Crippen MR) is 118 cm³/mol. The Morgan fingerprint density at radius 3 is 2.50 bits per heavy atom. The highest BCUT2D eigenvalue weighted by Crippen LogP contribution is 2.22. The number of hydrogen-bond donors (Lipinski definition) is 1. The monoisotopic (exact) mass is 410 g/mol. The van der Waals surface area contributed by atoms with Gasteiger partial charge in [-0.1, -0.05) is 24.3 Å². The van der Waals surface area contributed by atoms with Gasteiger partial charge in [0.25, 0.3) is 5.91 Å². The first-order chi connectivity index (χ1) is 14.5. The Balaban J connectivity index is 1.86. The smallest absolute Gasteiger partial charge is 0.254 e. The molecule has 0 radical (unpaired) electrons. The lowest BCUT2D eigenvalue weighted by Gasteiger charge is -2.31. The largest absolute Gasteiger partial charge is 0.496 e. The van der Waals surface area contributed by atoms with Gasteiger partial charge in [0.05, 0.1) is 13.7 Å². The second-order valence-electron chi connectivity index (χ2n) is 7.55. The SMILES string of the molecule is COc1ccccc1CN(CC(=O)N1CCNCC1)C(=O)c1cccc(N(C)C)c1. The van der Waals surface area contributed by atoms with Crippen molar-refractivity contribution in [3.63, 3.8) is 0 Å². The molecule has 0 bridgehead atoms. The van der Waals surface area contributed by atoms with E-state index in [1.807, 2.05) is 66.4 Å². The quantitative estimate of drug-likeness (QED) is 0.755. The van der Waals surface area contributed by atoms with Crippen LogP contribution in [0.5, 0.6) is 5.75 Å². The molecule has 1 heterocycles. The zero-order valence-corrected chi connectivity index (χ0v) is 17.9. The van der Waals surface area contributed by atoms with Gasteiger partial charge in [-0.15, -0.1) is 0 Å². The van der Waals surface area contributed by atoms with Crippen molar-refractivity contribution in [2.24, 2.45) is 0 Å². The average Bonchev–Trinajstić information content (AvgIpc) is 2.79. The Morgan fingerprint density at radius 1 is 1.07 bits per heavy atom. The van der Waals surface area contributed by atoms with Crippen molar-refractivity contribution in [3.05, 3.63) is 59.7 Å². The maximum absolute atomic E-state index is 13.4. The van der Waals surface area contributed by atoms with E-state index in [9.17, 15) is 9.59 Å². The molecule has 1 aliphatic rings. The van der Waals surface area contributed by atoms with Crippen LogP contribution in [0.1, 0.15) is 15.9 Å². The molecule has 0 saturated carbocycles. The van der Waals surface area contributed by atoms with Crippen molar-refractivity contribution in [2.45, 2.75) is 6.54 Å². The van der Waals surface area contributed by atoms with Crippen LogP contribution in [0.4, 0.5) is 5.69 Å². The Labute approximate surface area is 178 Å². The normalized spacial score (nSPS) is 13.6. The van der Waals surface area contributed by atoms with Crippen LogP contribution in [0.3, 0.4) is 0 Å². The molecule has 1 N–H and O–H groups in total. The molecule has 2 amide bonds. The second kappa shape index (κ2) is 10.1. The molecular weight excluding hydrogens is 380 g/mol. The summed E-state index contributed by atoms with van der Waals surface area (Å²) in [6.07, 6.45) is 0. The molecule has 0 spiro atoms. The molecule has 0 aromatic heterocycles. The Morgan fingerprint density at radius 2 is 1.80 bits per heavy atom. The average molecular weight is 411 g/mol. The van der Waals surface area contributed by atoms with E-state index < -0.39 is 0 Å². The molecule has 1 fully saturated rings. The molecule has 2 aromatic carbocycles. The van der Waals surface area contributed by atoms with Gasteiger partial charge in [-0.05, 0) is 24.3 Å². The highest BCUT2D eigenvalue weighted by atomic mass is 16.5. The van der Waals surface area contributed by atoms with Crippen molar-refractivity contribution >= 4 is 17.5 Å². The Kier molecular flexibility index (Phi) is 7.30. The number of benzene rings is 2. The molecule has 1 aliphatic heterocycles. The van der Waals surface area contributed by atoms with Gasteiger partial charge in [0.2, 0.25) is 5.91 Å². The molecular formula is C23H30N4O3. The fourth-order valence-corrected chi connectivity index (χ4v) is 3.52. The summed E-state index contributed by atoms with van der Waals surface area (Å²) in [6.45, 7) is 3.20. The number of ether oxygens (including phenoxy) is 1. The third-order valence-electron chi connectivity index (χ3n) is 5.25. The van der Waals surface area contributed by atoms with E-state index >= 15 is 0 Å². The third-order valence-corrected chi connectivity index (χ3v) is 5.25. The van der Waals surface area contributed by atoms with E-state index in [1.54, 1.807) is 18.1 Å². The lowest BCUT2D eigenvalue weighted by Crippen LogP contribution is -2.50. The van der Waals surface area contributed by atoms with Gasteiger partial charge in [0, 0.05) is 57.1 Å². The molecule has 0 unspecified atom stereocenters. The van der Waals surface area contributed by atoms with E-state index in [1.165, 1.54) is 0 Å². The van der Waals surface area contributed by atoms with E-state index in [0.717, 1.165) is 24.3 Å². The van der Waals surface area contributed by atoms with Gasteiger partial charge in [-0.25, -0.2) is 0 Å². The van der Waals surface area contributed by atoms with Gasteiger partial charge in [-0.3, -0.25) is 9.59 Å². The van der Waals surface area contributed by atoms with Gasteiger partial charge < -0.3 is 24.8 Å². The van der Waals surface area contributed by atoms with Crippen LogP contribution in [0.15, 0.2) is 48.5 Å². The van der Waals surface area contributed by atoms with E-state index in [-0.39, 0.29) is 18.4 Å². The summed E-state index contributed by atoms with van der Waals surface area (Å²) in [7, 11) is 5.48. The number of carbonyl (C=O) groups excluding carboxylic acids is 2. The number of para-hydroxylation sites is 1. The van der Waals surface area contributed by atoms with Crippen LogP contribution in [0.2, 0.25) is 0 Å². The highest BCUT2D eigenvalue weighted by Gasteiger charge is 2.24. The third kappa shape index (κ3) is 5.30. The number of methoxy groups -OCH3 is 1. The fraction of sp³-hybridized carbons (Fsp3) is 0.391. The van der Waals surface area contributed by atoms with Crippen LogP contribution in [-0.4, -0.2) is 75.5 Å². The molecule has 30 heavy (non-hydrogen) atoms. The van der Waals surface area contributed by atoms with Gasteiger partial charge >= 0.3 is 0 Å². The summed E-state index contributed by atoms with van der Waals surface area (Å²) in [5.74, 6) is 0.489. The van der Waals surface area contributed by atoms with Crippen LogP contribution in [0.25, 0.3) is 0 Å². The molecule has 7 heteroatoms. The van der Waals surface area contributed by atoms with Gasteiger partial charge in [0.1, 0.15) is 12.3 Å². The maximum Gasteiger partial charge on any atom is 0.254 e. The minimum atomic E-state index is -0.173. The number of carbonyl (C=O) groups is 2. The lowest BCUT2D eigenvalue weighted by atomic mass is 10.1. The maximum atomic E-state index is 13.4. The molecule has 1 saturated heterocycles. The summed E-state index contributed by atoms with van der Waals surface area (Å²) in [5, 5.41) is 3.25. The molecule has 2 aromatic rings. The molecule has 0 aliphatic carbocycles. The topological polar surface area (TPSA) is 65.1 Å². The van der Waals surface area contributed by atoms with E-state index in [4.69, 9.17) is 4.74 Å². The number of anilines is 1. The number of amides is 2. The summed E-state index contributed by atoms with van der Waals surface area (Å²) >= 11 is 0. The van der Waals surface area contributed by atoms with Crippen molar-refractivity contribution in [3.8, 4) is 5.75 Å². The molecule has 3 rings (SSSR count). The van der Waals surface area contributed by atoms with Crippen molar-refractivity contribution in [2.75, 3.05) is 58.8 Å². The highest BCUT2D eigenvalue weighted by molar-refractivity contribution is 5.97. The lowest BCUT2D eigenvalue weighted by molar-refractivity contribution is -0.132. The van der Waals surface area contributed by atoms with Crippen molar-refractivity contribution in [1.82, 2.24) is 15.1 Å². The van der Waals surface area contributed by atoms with Gasteiger partial charge in [-0.2, -0.15) is 0 Å². The Bertz CT molecular complexity index is 878. The first-order valence-corrected chi connectivity index (χ1v) is 10.2. The summed E-state index contributed by atoms with van der Waals surface area (Å²) < 4.78 is 5.46. The van der Waals surface area contributed by atoms with Gasteiger partial charge in [0.15, 0.2) is 0 Å². The zero-order chi connectivity index (χ0) is 21.5. The second-order valence-corrected chi connectivity index (χ2v) is 7.55. The first-order valence-electron chi connectivity index (χ1n) is 10.2. The number of nitrogens with zero attached hydrogens (tertiary/aromatic N) is 3. The minimum absolute atomic E-state index is 0.0308. The van der Waals surface area contributed by atoms with Crippen LogP contribution in [-0.2, 0) is 11.3 Å². The Hall–Kier alpha value is -3.06. The number of piperazine rings is 1. The molecule has 7 nitrogen and oxygen atoms in total. The van der Waals surface area contributed by atoms with E-state index in [2.05, 4.69) is 5.32 Å². The van der Waals surface area contributed by atoms with E-state index in [0.29, 0.717) is 30.9 Å². The predicted octanol–water partition coefficient (Wildman–Crippen LogP) is 1.84. The van der Waals surface area contributed by atoms with Crippen molar-refractivity contribution < 1.29 is 14.3 Å². The molecule has 160 valence electrons. The summed E-state index contributed by atoms with van der Waals surface area (Å²) in [4.78, 5) is 31.7.